The largest absolute Gasteiger partial charge is 0.348 e. The molecule has 0 amide bonds. The average molecular weight is 237 g/mol. The first kappa shape index (κ1) is 11.6. The van der Waals surface area contributed by atoms with Crippen LogP contribution in [0.4, 0.5) is 5.13 Å². The minimum atomic E-state index is 0.516. The average Bonchev–Trinajstić information content (AvgIpc) is 2.71. The number of aromatic nitrogens is 1. The van der Waals surface area contributed by atoms with Crippen LogP contribution in [0, 0.1) is 6.92 Å². The molecule has 1 saturated heterocycles. The van der Waals surface area contributed by atoms with E-state index in [9.17, 15) is 0 Å². The molecule has 0 saturated carbocycles. The monoisotopic (exact) mass is 237 g/mol. The number of nitrogens with two attached hydrogens (primary N) is 1. The zero-order valence-electron chi connectivity index (χ0n) is 9.83. The highest BCUT2D eigenvalue weighted by Crippen LogP contribution is 2.31. The zero-order chi connectivity index (χ0) is 11.5. The van der Waals surface area contributed by atoms with E-state index in [4.69, 9.17) is 5.73 Å². The summed E-state index contributed by atoms with van der Waals surface area (Å²) in [6.07, 6.45) is 3.92. The van der Waals surface area contributed by atoms with Crippen LogP contribution in [-0.2, 0) is 0 Å². The van der Waals surface area contributed by atoms with Crippen molar-refractivity contribution in [3.8, 4) is 0 Å². The van der Waals surface area contributed by atoms with Gasteiger partial charge in [0.25, 0.3) is 0 Å². The molecule has 88 valence electrons. The zero-order valence-corrected chi connectivity index (χ0v) is 10.6. The summed E-state index contributed by atoms with van der Waals surface area (Å²) in [6, 6.07) is 0. The highest BCUT2D eigenvalue weighted by atomic mass is 32.1. The van der Waals surface area contributed by atoms with Gasteiger partial charge in [-0.05, 0) is 31.8 Å². The normalized spacial score (nSPS) is 16.5. The number of piperidine rings is 1. The lowest BCUT2D eigenvalue weighted by atomic mass is 10.1. The van der Waals surface area contributed by atoms with E-state index in [-0.39, 0.29) is 0 Å². The molecular formula is C12H19N3S. The summed E-state index contributed by atoms with van der Waals surface area (Å²) < 4.78 is 0. The van der Waals surface area contributed by atoms with Gasteiger partial charge < -0.3 is 10.6 Å². The maximum Gasteiger partial charge on any atom is 0.186 e. The molecule has 4 heteroatoms. The van der Waals surface area contributed by atoms with E-state index < -0.39 is 0 Å². The van der Waals surface area contributed by atoms with Crippen LogP contribution >= 0.6 is 11.3 Å². The molecule has 0 aliphatic carbocycles. The molecule has 16 heavy (non-hydrogen) atoms. The fraction of sp³-hybridized carbons (Fsp3) is 0.583. The van der Waals surface area contributed by atoms with Crippen molar-refractivity contribution in [3.05, 3.63) is 17.2 Å². The highest BCUT2D eigenvalue weighted by molar-refractivity contribution is 7.16. The Balaban J connectivity index is 2.19. The molecule has 0 spiro atoms. The molecule has 1 aromatic heterocycles. The van der Waals surface area contributed by atoms with Gasteiger partial charge in [-0.3, -0.25) is 0 Å². The van der Waals surface area contributed by atoms with Crippen molar-refractivity contribution in [2.45, 2.75) is 26.2 Å². The third kappa shape index (κ3) is 2.28. The molecule has 0 radical (unpaired) electrons. The quantitative estimate of drug-likeness (QED) is 0.878. The van der Waals surface area contributed by atoms with Gasteiger partial charge in [0.05, 0.1) is 10.6 Å². The van der Waals surface area contributed by atoms with Gasteiger partial charge in [0, 0.05) is 19.6 Å². The molecular weight excluding hydrogens is 218 g/mol. The first-order chi connectivity index (χ1) is 7.72. The van der Waals surface area contributed by atoms with E-state index in [0.29, 0.717) is 6.54 Å². The second-order valence-electron chi connectivity index (χ2n) is 4.27. The Hall–Kier alpha value is -0.870. The van der Waals surface area contributed by atoms with Gasteiger partial charge in [0.2, 0.25) is 0 Å². The fourth-order valence-corrected chi connectivity index (χ4v) is 3.12. The molecule has 2 rings (SSSR count). The smallest absolute Gasteiger partial charge is 0.186 e. The molecule has 0 atom stereocenters. The Kier molecular flexibility index (Phi) is 3.61. The molecule has 1 aromatic rings. The van der Waals surface area contributed by atoms with Crippen LogP contribution < -0.4 is 10.6 Å². The minimum absolute atomic E-state index is 0.516. The third-order valence-electron chi connectivity index (χ3n) is 2.98. The van der Waals surface area contributed by atoms with Crippen molar-refractivity contribution >= 4 is 22.0 Å². The Morgan fingerprint density at radius 1 is 1.44 bits per heavy atom. The van der Waals surface area contributed by atoms with Gasteiger partial charge in [0.1, 0.15) is 0 Å². The van der Waals surface area contributed by atoms with Gasteiger partial charge in [-0.25, -0.2) is 4.98 Å². The van der Waals surface area contributed by atoms with Crippen LogP contribution in [0.3, 0.4) is 0 Å². The second kappa shape index (κ2) is 4.97. The summed E-state index contributed by atoms with van der Waals surface area (Å²) in [5, 5.41) is 1.14. The lowest BCUT2D eigenvalue weighted by Crippen LogP contribution is -2.29. The Labute approximate surface area is 101 Å². The van der Waals surface area contributed by atoms with E-state index in [1.807, 2.05) is 6.92 Å². The Morgan fingerprint density at radius 2 is 2.12 bits per heavy atom. The summed E-state index contributed by atoms with van der Waals surface area (Å²) in [6.45, 7) is 8.83. The number of hydrogen-bond acceptors (Lipinski definition) is 4. The molecule has 3 nitrogen and oxygen atoms in total. The predicted octanol–water partition coefficient (Wildman–Crippen LogP) is 2.41. The number of rotatable bonds is 3. The van der Waals surface area contributed by atoms with Gasteiger partial charge in [-0.15, -0.1) is 0 Å². The van der Waals surface area contributed by atoms with Crippen molar-refractivity contribution in [2.75, 3.05) is 24.5 Å². The van der Waals surface area contributed by atoms with E-state index in [1.54, 1.807) is 11.3 Å². The van der Waals surface area contributed by atoms with Gasteiger partial charge in [0.15, 0.2) is 5.13 Å². The lowest BCUT2D eigenvalue weighted by molar-refractivity contribution is 0.576. The number of hydrogen-bond donors (Lipinski definition) is 1. The maximum absolute atomic E-state index is 5.63. The number of thiazole rings is 1. The summed E-state index contributed by atoms with van der Waals surface area (Å²) in [4.78, 5) is 8.18. The van der Waals surface area contributed by atoms with E-state index >= 15 is 0 Å². The van der Waals surface area contributed by atoms with Crippen LogP contribution in [-0.4, -0.2) is 24.6 Å². The van der Waals surface area contributed by atoms with Crippen LogP contribution in [0.2, 0.25) is 0 Å². The van der Waals surface area contributed by atoms with E-state index in [0.717, 1.165) is 29.5 Å². The second-order valence-corrected chi connectivity index (χ2v) is 5.24. The van der Waals surface area contributed by atoms with Crippen molar-refractivity contribution in [1.82, 2.24) is 4.98 Å². The van der Waals surface area contributed by atoms with E-state index in [2.05, 4.69) is 16.5 Å². The number of aryl methyl sites for hydroxylation is 1. The van der Waals surface area contributed by atoms with Crippen LogP contribution in [0.25, 0.3) is 5.57 Å². The molecule has 0 unspecified atom stereocenters. The highest BCUT2D eigenvalue weighted by Gasteiger charge is 2.17. The molecule has 2 N–H and O–H groups in total. The predicted molar refractivity (Wildman–Crippen MR) is 71.0 cm³/mol. The summed E-state index contributed by atoms with van der Waals surface area (Å²) in [7, 11) is 0. The SMILES string of the molecule is C=C(CN)c1sc(N2CCCCC2)nc1C. The first-order valence-electron chi connectivity index (χ1n) is 5.83. The van der Waals surface area contributed by atoms with Crippen molar-refractivity contribution in [2.24, 2.45) is 5.73 Å². The minimum Gasteiger partial charge on any atom is -0.348 e. The van der Waals surface area contributed by atoms with E-state index in [1.165, 1.54) is 24.1 Å². The van der Waals surface area contributed by atoms with Crippen LogP contribution in [0.15, 0.2) is 6.58 Å². The number of anilines is 1. The van der Waals surface area contributed by atoms with Gasteiger partial charge in [-0.2, -0.15) is 0 Å². The third-order valence-corrected chi connectivity index (χ3v) is 4.30. The molecule has 0 bridgehead atoms. The van der Waals surface area contributed by atoms with Gasteiger partial charge in [-0.1, -0.05) is 17.9 Å². The van der Waals surface area contributed by atoms with Gasteiger partial charge >= 0.3 is 0 Å². The summed E-state index contributed by atoms with van der Waals surface area (Å²) in [5.74, 6) is 0. The summed E-state index contributed by atoms with van der Waals surface area (Å²) >= 11 is 1.73. The topological polar surface area (TPSA) is 42.1 Å². The standard InChI is InChI=1S/C12H19N3S/c1-9(8-13)11-10(2)14-12(16-11)15-6-4-3-5-7-15/h1,3-8,13H2,2H3. The summed E-state index contributed by atoms with van der Waals surface area (Å²) in [5.41, 5.74) is 7.70. The molecule has 0 aromatic carbocycles. The molecule has 1 aliphatic heterocycles. The van der Waals surface area contributed by atoms with Crippen molar-refractivity contribution in [1.29, 1.82) is 0 Å². The number of nitrogens with zero attached hydrogens (tertiary/aromatic N) is 2. The lowest BCUT2D eigenvalue weighted by Gasteiger charge is -2.25. The maximum atomic E-state index is 5.63. The van der Waals surface area contributed by atoms with Crippen LogP contribution in [0.5, 0.6) is 0 Å². The van der Waals surface area contributed by atoms with Crippen molar-refractivity contribution in [3.63, 3.8) is 0 Å². The molecule has 1 fully saturated rings. The van der Waals surface area contributed by atoms with Crippen molar-refractivity contribution < 1.29 is 0 Å². The molecule has 1 aliphatic rings. The fourth-order valence-electron chi connectivity index (χ4n) is 2.02. The Bertz CT molecular complexity index is 378. The Morgan fingerprint density at radius 3 is 2.75 bits per heavy atom. The molecule has 2 heterocycles. The van der Waals surface area contributed by atoms with Crippen LogP contribution in [0.1, 0.15) is 29.8 Å². The first-order valence-corrected chi connectivity index (χ1v) is 6.64.